The van der Waals surface area contributed by atoms with Crippen molar-refractivity contribution >= 4 is 37.2 Å². The van der Waals surface area contributed by atoms with Gasteiger partial charge in [-0.2, -0.15) is 0 Å². The number of amides is 1. The van der Waals surface area contributed by atoms with E-state index in [4.69, 9.17) is 27.0 Å². The van der Waals surface area contributed by atoms with Crippen molar-refractivity contribution in [2.75, 3.05) is 6.61 Å². The lowest BCUT2D eigenvalue weighted by atomic mass is 10.2. The zero-order valence-corrected chi connectivity index (χ0v) is 13.3. The highest BCUT2D eigenvalue weighted by atomic mass is 35.7. The van der Waals surface area contributed by atoms with E-state index in [1.165, 1.54) is 18.2 Å². The summed E-state index contributed by atoms with van der Waals surface area (Å²) in [6, 6.07) is 3.85. The minimum absolute atomic E-state index is 0.0605. The van der Waals surface area contributed by atoms with Crippen molar-refractivity contribution in [1.82, 2.24) is 5.32 Å². The Kier molecular flexibility index (Phi) is 6.10. The third-order valence-corrected chi connectivity index (χ3v) is 4.21. The van der Waals surface area contributed by atoms with Crippen molar-refractivity contribution < 1.29 is 17.9 Å². The molecule has 8 heteroatoms. The maximum Gasteiger partial charge on any atom is 0.261 e. The lowest BCUT2D eigenvalue weighted by Crippen LogP contribution is -2.35. The van der Waals surface area contributed by atoms with Gasteiger partial charge in [0.1, 0.15) is 5.75 Å². The molecule has 0 heterocycles. The Bertz CT molecular complexity index is 589. The van der Waals surface area contributed by atoms with E-state index in [0.717, 1.165) is 6.42 Å². The molecule has 112 valence electrons. The highest BCUT2D eigenvalue weighted by molar-refractivity contribution is 8.13. The summed E-state index contributed by atoms with van der Waals surface area (Å²) < 4.78 is 27.5. The number of carbonyl (C=O) groups is 1. The fourth-order valence-corrected chi connectivity index (χ4v) is 2.39. The van der Waals surface area contributed by atoms with Crippen LogP contribution in [0.5, 0.6) is 5.75 Å². The molecule has 1 amide bonds. The van der Waals surface area contributed by atoms with Crippen LogP contribution in [0.15, 0.2) is 23.1 Å². The van der Waals surface area contributed by atoms with Gasteiger partial charge in [0.05, 0.1) is 9.92 Å². The van der Waals surface area contributed by atoms with E-state index in [0.29, 0.717) is 0 Å². The summed E-state index contributed by atoms with van der Waals surface area (Å²) in [6.07, 6.45) is 0.814. The quantitative estimate of drug-likeness (QED) is 0.808. The summed E-state index contributed by atoms with van der Waals surface area (Å²) in [4.78, 5) is 11.4. The largest absolute Gasteiger partial charge is 0.482 e. The number of benzene rings is 1. The molecule has 0 saturated heterocycles. The Hall–Kier alpha value is -0.980. The zero-order valence-electron chi connectivity index (χ0n) is 11.0. The van der Waals surface area contributed by atoms with Gasteiger partial charge in [-0.05, 0) is 31.5 Å². The Labute approximate surface area is 127 Å². The summed E-state index contributed by atoms with van der Waals surface area (Å²) in [5, 5.41) is 2.80. The van der Waals surface area contributed by atoms with Crippen LogP contribution in [-0.2, 0) is 13.8 Å². The molecule has 1 N–H and O–H groups in total. The van der Waals surface area contributed by atoms with E-state index in [-0.39, 0.29) is 34.2 Å². The predicted molar refractivity (Wildman–Crippen MR) is 77.9 cm³/mol. The third-order valence-electron chi connectivity index (χ3n) is 2.56. The van der Waals surface area contributed by atoms with E-state index < -0.39 is 9.05 Å². The predicted octanol–water partition coefficient (Wildman–Crippen LogP) is 2.56. The highest BCUT2D eigenvalue weighted by Gasteiger charge is 2.14. The van der Waals surface area contributed by atoms with Crippen molar-refractivity contribution in [3.8, 4) is 5.75 Å². The number of hydrogen-bond acceptors (Lipinski definition) is 4. The summed E-state index contributed by atoms with van der Waals surface area (Å²) in [6.45, 7) is 3.63. The molecule has 0 aliphatic carbocycles. The minimum Gasteiger partial charge on any atom is -0.482 e. The lowest BCUT2D eigenvalue weighted by Gasteiger charge is -2.12. The van der Waals surface area contributed by atoms with E-state index in [9.17, 15) is 13.2 Å². The molecule has 0 radical (unpaired) electrons. The normalized spacial score (nSPS) is 12.8. The lowest BCUT2D eigenvalue weighted by molar-refractivity contribution is -0.123. The summed E-state index contributed by atoms with van der Waals surface area (Å²) in [5.41, 5.74) is 0. The molecule has 0 aliphatic rings. The molecule has 20 heavy (non-hydrogen) atoms. The monoisotopic (exact) mass is 339 g/mol. The Morgan fingerprint density at radius 3 is 2.60 bits per heavy atom. The second-order valence-electron chi connectivity index (χ2n) is 4.20. The van der Waals surface area contributed by atoms with Gasteiger partial charge in [-0.1, -0.05) is 18.5 Å². The fraction of sp³-hybridized carbons (Fsp3) is 0.417. The van der Waals surface area contributed by atoms with Gasteiger partial charge < -0.3 is 10.1 Å². The van der Waals surface area contributed by atoms with Crippen LogP contribution in [0.25, 0.3) is 0 Å². The second kappa shape index (κ2) is 7.15. The number of halogens is 2. The van der Waals surface area contributed by atoms with Gasteiger partial charge in [0, 0.05) is 16.7 Å². The molecule has 1 atom stereocenters. The first-order valence-corrected chi connectivity index (χ1v) is 8.59. The molecule has 1 rings (SSSR count). The molecule has 0 aliphatic heterocycles. The molecular formula is C12H15Cl2NO4S. The van der Waals surface area contributed by atoms with E-state index in [1.54, 1.807) is 0 Å². The van der Waals surface area contributed by atoms with Crippen molar-refractivity contribution in [3.05, 3.63) is 23.2 Å². The smallest absolute Gasteiger partial charge is 0.261 e. The van der Waals surface area contributed by atoms with Crippen LogP contribution in [-0.4, -0.2) is 27.0 Å². The van der Waals surface area contributed by atoms with Gasteiger partial charge in [0.15, 0.2) is 6.61 Å². The second-order valence-corrected chi connectivity index (χ2v) is 7.17. The highest BCUT2D eigenvalue weighted by Crippen LogP contribution is 2.28. The fourth-order valence-electron chi connectivity index (χ4n) is 1.31. The van der Waals surface area contributed by atoms with Crippen LogP contribution in [0.4, 0.5) is 0 Å². The number of hydrogen-bond donors (Lipinski definition) is 1. The SMILES string of the molecule is CCC(C)NC(=O)COc1ccc(S(=O)(=O)Cl)cc1Cl. The minimum atomic E-state index is -3.84. The molecular weight excluding hydrogens is 325 g/mol. The number of rotatable bonds is 6. The third kappa shape index (κ3) is 5.19. The maximum atomic E-state index is 11.5. The maximum absolute atomic E-state index is 11.5. The van der Waals surface area contributed by atoms with E-state index in [1.807, 2.05) is 13.8 Å². The summed E-state index contributed by atoms with van der Waals surface area (Å²) >= 11 is 5.87. The van der Waals surface area contributed by atoms with Crippen LogP contribution in [0.2, 0.25) is 5.02 Å². The van der Waals surface area contributed by atoms with Crippen LogP contribution >= 0.6 is 22.3 Å². The van der Waals surface area contributed by atoms with Gasteiger partial charge in [-0.25, -0.2) is 8.42 Å². The first-order valence-electron chi connectivity index (χ1n) is 5.90. The standard InChI is InChI=1S/C12H15Cl2NO4S/c1-3-8(2)15-12(16)7-19-11-5-4-9(6-10(11)13)20(14,17)18/h4-6,8H,3,7H2,1-2H3,(H,15,16). The molecule has 0 fully saturated rings. The van der Waals surface area contributed by atoms with Gasteiger partial charge in [0.2, 0.25) is 0 Å². The topological polar surface area (TPSA) is 72.5 Å². The van der Waals surface area contributed by atoms with Crippen LogP contribution < -0.4 is 10.1 Å². The van der Waals surface area contributed by atoms with E-state index >= 15 is 0 Å². The van der Waals surface area contributed by atoms with Crippen LogP contribution in [0.1, 0.15) is 20.3 Å². The van der Waals surface area contributed by atoms with Gasteiger partial charge in [-0.3, -0.25) is 4.79 Å². The molecule has 0 saturated carbocycles. The molecule has 0 aromatic heterocycles. The van der Waals surface area contributed by atoms with Crippen molar-refractivity contribution in [1.29, 1.82) is 0 Å². The first kappa shape index (κ1) is 17.1. The van der Waals surface area contributed by atoms with Crippen LogP contribution in [0.3, 0.4) is 0 Å². The number of ether oxygens (including phenoxy) is 1. The average molecular weight is 340 g/mol. The Morgan fingerprint density at radius 1 is 1.45 bits per heavy atom. The number of carbonyl (C=O) groups excluding carboxylic acids is 1. The molecule has 0 spiro atoms. The van der Waals surface area contributed by atoms with Crippen molar-refractivity contribution in [2.45, 2.75) is 31.2 Å². The summed E-state index contributed by atoms with van der Waals surface area (Å²) in [7, 11) is 1.35. The van der Waals surface area contributed by atoms with Crippen molar-refractivity contribution in [2.24, 2.45) is 0 Å². The molecule has 1 aromatic carbocycles. The van der Waals surface area contributed by atoms with E-state index in [2.05, 4.69) is 5.32 Å². The van der Waals surface area contributed by atoms with Crippen LogP contribution in [0, 0.1) is 0 Å². The Balaban J connectivity index is 2.68. The van der Waals surface area contributed by atoms with Gasteiger partial charge >= 0.3 is 0 Å². The molecule has 0 bridgehead atoms. The zero-order chi connectivity index (χ0) is 15.3. The first-order chi connectivity index (χ1) is 9.24. The van der Waals surface area contributed by atoms with Crippen molar-refractivity contribution in [3.63, 3.8) is 0 Å². The molecule has 1 unspecified atom stereocenters. The molecule has 5 nitrogen and oxygen atoms in total. The number of nitrogens with one attached hydrogen (secondary N) is 1. The Morgan fingerprint density at radius 2 is 2.10 bits per heavy atom. The van der Waals surface area contributed by atoms with Gasteiger partial charge in [-0.15, -0.1) is 0 Å². The van der Waals surface area contributed by atoms with Gasteiger partial charge in [0.25, 0.3) is 15.0 Å². The summed E-state index contributed by atoms with van der Waals surface area (Å²) in [5.74, 6) is -0.0560. The average Bonchev–Trinajstić information content (AvgIpc) is 2.35. The molecule has 1 aromatic rings.